The van der Waals surface area contributed by atoms with Crippen molar-refractivity contribution in [2.75, 3.05) is 0 Å². The first-order chi connectivity index (χ1) is 7.11. The highest BCUT2D eigenvalue weighted by molar-refractivity contribution is 5.86. The molecular formula is C13H17NO. The van der Waals surface area contributed by atoms with Crippen LogP contribution in [-0.2, 0) is 4.79 Å². The maximum Gasteiger partial charge on any atom is 0.231 e. The fourth-order valence-electron chi connectivity index (χ4n) is 3.66. The zero-order valence-electron chi connectivity index (χ0n) is 9.31. The number of nitrogens with zero attached hydrogens (tertiary/aromatic N) is 1. The van der Waals surface area contributed by atoms with Gasteiger partial charge >= 0.3 is 0 Å². The standard InChI is InChI=1S/C13H17NO/c1-7(2)14-8(3)11-9-4-5-10(6-9)12(11)13(14)15/h4-5,7,9-12H,3,6H2,1-2H3. The fraction of sp³-hybridized carbons (Fsp3) is 0.615. The van der Waals surface area contributed by atoms with Crippen molar-refractivity contribution in [2.45, 2.75) is 26.3 Å². The predicted molar refractivity (Wildman–Crippen MR) is 58.8 cm³/mol. The van der Waals surface area contributed by atoms with E-state index in [1.54, 1.807) is 0 Å². The first kappa shape index (κ1) is 9.20. The Bertz CT molecular complexity index is 339. The van der Waals surface area contributed by atoms with Crippen LogP contribution >= 0.6 is 0 Å². The van der Waals surface area contributed by atoms with Gasteiger partial charge in [0.15, 0.2) is 0 Å². The predicted octanol–water partition coefficient (Wildman–Crippen LogP) is 2.19. The van der Waals surface area contributed by atoms with E-state index in [9.17, 15) is 4.79 Å². The molecule has 0 radical (unpaired) electrons. The van der Waals surface area contributed by atoms with Crippen molar-refractivity contribution in [3.05, 3.63) is 24.4 Å². The minimum atomic E-state index is 0.217. The smallest absolute Gasteiger partial charge is 0.231 e. The van der Waals surface area contributed by atoms with E-state index in [1.807, 2.05) is 4.90 Å². The van der Waals surface area contributed by atoms with Gasteiger partial charge in [-0.15, -0.1) is 0 Å². The minimum absolute atomic E-state index is 0.217. The Morgan fingerprint density at radius 3 is 2.47 bits per heavy atom. The largest absolute Gasteiger partial charge is 0.314 e. The first-order valence-corrected chi connectivity index (χ1v) is 5.81. The Kier molecular flexibility index (Phi) is 1.68. The van der Waals surface area contributed by atoms with Crippen molar-refractivity contribution < 1.29 is 4.79 Å². The molecule has 2 nitrogen and oxygen atoms in total. The van der Waals surface area contributed by atoms with Gasteiger partial charge in [0.05, 0.1) is 5.92 Å². The van der Waals surface area contributed by atoms with E-state index in [1.165, 1.54) is 6.42 Å². The van der Waals surface area contributed by atoms with Crippen LogP contribution in [0.5, 0.6) is 0 Å². The van der Waals surface area contributed by atoms with Crippen molar-refractivity contribution >= 4 is 5.91 Å². The lowest BCUT2D eigenvalue weighted by molar-refractivity contribution is -0.132. The number of carbonyl (C=O) groups is 1. The molecule has 0 aromatic rings. The van der Waals surface area contributed by atoms with Crippen LogP contribution in [0.15, 0.2) is 24.4 Å². The zero-order chi connectivity index (χ0) is 10.7. The summed E-state index contributed by atoms with van der Waals surface area (Å²) in [7, 11) is 0. The molecule has 0 N–H and O–H groups in total. The van der Waals surface area contributed by atoms with Gasteiger partial charge < -0.3 is 4.90 Å². The van der Waals surface area contributed by atoms with Crippen molar-refractivity contribution in [1.82, 2.24) is 4.90 Å². The third-order valence-electron chi connectivity index (χ3n) is 4.19. The van der Waals surface area contributed by atoms with E-state index < -0.39 is 0 Å². The van der Waals surface area contributed by atoms with Crippen molar-refractivity contribution in [3.8, 4) is 0 Å². The molecule has 3 aliphatic rings. The molecule has 1 aliphatic heterocycles. The topological polar surface area (TPSA) is 20.3 Å². The average molecular weight is 203 g/mol. The lowest BCUT2D eigenvalue weighted by Gasteiger charge is -2.24. The molecule has 1 amide bonds. The molecule has 2 bridgehead atoms. The van der Waals surface area contributed by atoms with E-state index in [2.05, 4.69) is 32.6 Å². The lowest BCUT2D eigenvalue weighted by atomic mass is 9.84. The Balaban J connectivity index is 2.00. The van der Waals surface area contributed by atoms with Gasteiger partial charge in [0.1, 0.15) is 0 Å². The molecule has 0 aromatic carbocycles. The second-order valence-corrected chi connectivity index (χ2v) is 5.29. The van der Waals surface area contributed by atoms with Crippen LogP contribution in [0.4, 0.5) is 0 Å². The lowest BCUT2D eigenvalue weighted by Crippen LogP contribution is -2.33. The third kappa shape index (κ3) is 0.973. The zero-order valence-corrected chi connectivity index (χ0v) is 9.31. The Hall–Kier alpha value is -1.05. The summed E-state index contributed by atoms with van der Waals surface area (Å²) in [6.07, 6.45) is 5.70. The van der Waals surface area contributed by atoms with E-state index >= 15 is 0 Å². The molecule has 80 valence electrons. The molecule has 0 aromatic heterocycles. The summed E-state index contributed by atoms with van der Waals surface area (Å²) < 4.78 is 0. The highest BCUT2D eigenvalue weighted by atomic mass is 16.2. The van der Waals surface area contributed by atoms with Gasteiger partial charge in [-0.25, -0.2) is 0 Å². The highest BCUT2D eigenvalue weighted by Crippen LogP contribution is 2.55. The molecule has 1 saturated carbocycles. The molecule has 15 heavy (non-hydrogen) atoms. The SMILES string of the molecule is C=C1C2C3C=CC(C3)C2C(=O)N1C(C)C. The second kappa shape index (κ2) is 2.75. The quantitative estimate of drug-likeness (QED) is 0.598. The summed E-state index contributed by atoms with van der Waals surface area (Å²) in [5.41, 5.74) is 1.07. The maximum atomic E-state index is 12.3. The van der Waals surface area contributed by atoms with Gasteiger partial charge in [-0.2, -0.15) is 0 Å². The molecule has 2 aliphatic carbocycles. The van der Waals surface area contributed by atoms with E-state index in [0.29, 0.717) is 23.7 Å². The van der Waals surface area contributed by atoms with Crippen LogP contribution in [-0.4, -0.2) is 16.8 Å². The summed E-state index contributed by atoms with van der Waals surface area (Å²) in [6, 6.07) is 0.259. The van der Waals surface area contributed by atoms with Crippen LogP contribution in [0.25, 0.3) is 0 Å². The van der Waals surface area contributed by atoms with E-state index in [0.717, 1.165) is 5.70 Å². The van der Waals surface area contributed by atoms with Crippen LogP contribution in [0.3, 0.4) is 0 Å². The molecule has 2 heteroatoms. The monoisotopic (exact) mass is 203 g/mol. The second-order valence-electron chi connectivity index (χ2n) is 5.29. The van der Waals surface area contributed by atoms with Gasteiger partial charge in [-0.05, 0) is 32.1 Å². The fourth-order valence-corrected chi connectivity index (χ4v) is 3.66. The normalized spacial score (nSPS) is 42.2. The minimum Gasteiger partial charge on any atom is -0.314 e. The molecule has 3 rings (SSSR count). The number of fused-ring (bicyclic) bond motifs is 5. The maximum absolute atomic E-state index is 12.3. The Morgan fingerprint density at radius 2 is 1.93 bits per heavy atom. The number of allylic oxidation sites excluding steroid dienone is 3. The number of rotatable bonds is 1. The summed E-state index contributed by atoms with van der Waals surface area (Å²) in [6.45, 7) is 8.28. The van der Waals surface area contributed by atoms with Crippen molar-refractivity contribution in [2.24, 2.45) is 23.7 Å². The number of hydrogen-bond acceptors (Lipinski definition) is 1. The number of likely N-dealkylation sites (tertiary alicyclic amines) is 1. The van der Waals surface area contributed by atoms with Crippen molar-refractivity contribution in [3.63, 3.8) is 0 Å². The van der Waals surface area contributed by atoms with Crippen LogP contribution in [0, 0.1) is 23.7 Å². The molecular weight excluding hydrogens is 186 g/mol. The summed E-state index contributed by atoms with van der Waals surface area (Å²) >= 11 is 0. The summed E-state index contributed by atoms with van der Waals surface area (Å²) in [5, 5.41) is 0. The van der Waals surface area contributed by atoms with Crippen LogP contribution < -0.4 is 0 Å². The Labute approximate surface area is 90.6 Å². The molecule has 0 spiro atoms. The third-order valence-corrected chi connectivity index (χ3v) is 4.19. The first-order valence-electron chi connectivity index (χ1n) is 5.81. The molecule has 4 atom stereocenters. The van der Waals surface area contributed by atoms with E-state index in [4.69, 9.17) is 0 Å². The summed E-state index contributed by atoms with van der Waals surface area (Å²) in [5.74, 6) is 2.02. The number of hydrogen-bond donors (Lipinski definition) is 0. The van der Waals surface area contributed by atoms with Crippen LogP contribution in [0.2, 0.25) is 0 Å². The number of carbonyl (C=O) groups excluding carboxylic acids is 1. The van der Waals surface area contributed by atoms with Gasteiger partial charge in [-0.3, -0.25) is 4.79 Å². The molecule has 1 saturated heterocycles. The van der Waals surface area contributed by atoms with Crippen molar-refractivity contribution in [1.29, 1.82) is 0 Å². The van der Waals surface area contributed by atoms with Gasteiger partial charge in [0.25, 0.3) is 0 Å². The number of amides is 1. The highest BCUT2D eigenvalue weighted by Gasteiger charge is 2.56. The molecule has 1 heterocycles. The van der Waals surface area contributed by atoms with Gasteiger partial charge in [-0.1, -0.05) is 18.7 Å². The Morgan fingerprint density at radius 1 is 1.33 bits per heavy atom. The molecule has 4 unspecified atom stereocenters. The average Bonchev–Trinajstić information content (AvgIpc) is 2.79. The van der Waals surface area contributed by atoms with Gasteiger partial charge in [0.2, 0.25) is 5.91 Å². The van der Waals surface area contributed by atoms with E-state index in [-0.39, 0.29) is 12.0 Å². The van der Waals surface area contributed by atoms with Gasteiger partial charge in [0, 0.05) is 17.7 Å². The van der Waals surface area contributed by atoms with Crippen LogP contribution in [0.1, 0.15) is 20.3 Å². The summed E-state index contributed by atoms with van der Waals surface area (Å²) in [4.78, 5) is 14.2. The molecule has 2 fully saturated rings.